The third kappa shape index (κ3) is 3.79. The maximum atomic E-state index is 12.4. The predicted molar refractivity (Wildman–Crippen MR) is 80.2 cm³/mol. The SMILES string of the molecule is CN1CCN(CCN(C)S(=O)(=O)c2ccccc2)CC1. The lowest BCUT2D eigenvalue weighted by Gasteiger charge is -2.33. The number of hydrogen-bond acceptors (Lipinski definition) is 4. The number of rotatable bonds is 5. The van der Waals surface area contributed by atoms with E-state index in [0.717, 1.165) is 32.7 Å². The minimum Gasteiger partial charge on any atom is -0.304 e. The van der Waals surface area contributed by atoms with E-state index >= 15 is 0 Å². The second-order valence-electron chi connectivity index (χ2n) is 5.28. The first-order chi connectivity index (χ1) is 9.50. The van der Waals surface area contributed by atoms with Gasteiger partial charge in [0, 0.05) is 46.3 Å². The molecular formula is C14H23N3O2S. The summed E-state index contributed by atoms with van der Waals surface area (Å²) >= 11 is 0. The highest BCUT2D eigenvalue weighted by atomic mass is 32.2. The van der Waals surface area contributed by atoms with E-state index in [-0.39, 0.29) is 0 Å². The zero-order valence-corrected chi connectivity index (χ0v) is 13.0. The standard InChI is InChI=1S/C14H23N3O2S/c1-15-8-11-17(12-9-15)13-10-16(2)20(18,19)14-6-4-3-5-7-14/h3-7H,8-13H2,1-2H3. The van der Waals surface area contributed by atoms with Crippen LogP contribution in [0.15, 0.2) is 35.2 Å². The van der Waals surface area contributed by atoms with Crippen molar-refractivity contribution in [2.24, 2.45) is 0 Å². The van der Waals surface area contributed by atoms with Gasteiger partial charge in [0.05, 0.1) is 4.90 Å². The maximum Gasteiger partial charge on any atom is 0.242 e. The highest BCUT2D eigenvalue weighted by molar-refractivity contribution is 7.89. The molecule has 20 heavy (non-hydrogen) atoms. The van der Waals surface area contributed by atoms with Crippen molar-refractivity contribution in [3.8, 4) is 0 Å². The number of sulfonamides is 1. The molecule has 5 nitrogen and oxygen atoms in total. The van der Waals surface area contributed by atoms with E-state index in [4.69, 9.17) is 0 Å². The minimum atomic E-state index is -3.35. The second kappa shape index (κ2) is 6.67. The lowest BCUT2D eigenvalue weighted by atomic mass is 10.3. The Balaban J connectivity index is 1.90. The van der Waals surface area contributed by atoms with Gasteiger partial charge in [-0.2, -0.15) is 4.31 Å². The average Bonchev–Trinajstić information content (AvgIpc) is 2.47. The second-order valence-corrected chi connectivity index (χ2v) is 7.33. The Morgan fingerprint density at radius 3 is 2.30 bits per heavy atom. The Kier molecular flexibility index (Phi) is 5.15. The van der Waals surface area contributed by atoms with Crippen LogP contribution in [0.2, 0.25) is 0 Å². The summed E-state index contributed by atoms with van der Waals surface area (Å²) in [6.07, 6.45) is 0. The van der Waals surface area contributed by atoms with Crippen LogP contribution in [0.3, 0.4) is 0 Å². The van der Waals surface area contributed by atoms with Gasteiger partial charge in [-0.25, -0.2) is 8.42 Å². The average molecular weight is 297 g/mol. The van der Waals surface area contributed by atoms with Gasteiger partial charge in [0.1, 0.15) is 0 Å². The van der Waals surface area contributed by atoms with Crippen LogP contribution in [0, 0.1) is 0 Å². The summed E-state index contributed by atoms with van der Waals surface area (Å²) in [5.74, 6) is 0. The van der Waals surface area contributed by atoms with Crippen LogP contribution < -0.4 is 0 Å². The van der Waals surface area contributed by atoms with Gasteiger partial charge >= 0.3 is 0 Å². The largest absolute Gasteiger partial charge is 0.304 e. The molecule has 1 aliphatic heterocycles. The molecule has 1 aromatic carbocycles. The van der Waals surface area contributed by atoms with Crippen LogP contribution in [0.1, 0.15) is 0 Å². The number of piperazine rings is 1. The predicted octanol–water partition coefficient (Wildman–Crippen LogP) is 0.555. The third-order valence-corrected chi connectivity index (χ3v) is 5.65. The number of hydrogen-bond donors (Lipinski definition) is 0. The van der Waals surface area contributed by atoms with Gasteiger partial charge in [0.15, 0.2) is 0 Å². The van der Waals surface area contributed by atoms with Crippen molar-refractivity contribution in [1.82, 2.24) is 14.1 Å². The van der Waals surface area contributed by atoms with Gasteiger partial charge in [-0.05, 0) is 19.2 Å². The summed E-state index contributed by atoms with van der Waals surface area (Å²) in [6.45, 7) is 5.44. The van der Waals surface area contributed by atoms with E-state index < -0.39 is 10.0 Å². The monoisotopic (exact) mass is 297 g/mol. The van der Waals surface area contributed by atoms with Crippen molar-refractivity contribution in [2.45, 2.75) is 4.90 Å². The first-order valence-corrected chi connectivity index (χ1v) is 8.36. The molecule has 0 aromatic heterocycles. The Labute approximate surface area is 121 Å². The van der Waals surface area contributed by atoms with Gasteiger partial charge in [-0.15, -0.1) is 0 Å². The molecule has 0 bridgehead atoms. The number of likely N-dealkylation sites (N-methyl/N-ethyl adjacent to an activating group) is 2. The third-order valence-electron chi connectivity index (χ3n) is 3.78. The molecule has 0 radical (unpaired) electrons. The summed E-state index contributed by atoms with van der Waals surface area (Å²) in [5.41, 5.74) is 0. The van der Waals surface area contributed by atoms with E-state index in [2.05, 4.69) is 16.8 Å². The molecule has 1 aliphatic rings. The molecule has 0 atom stereocenters. The van der Waals surface area contributed by atoms with E-state index in [9.17, 15) is 8.42 Å². The van der Waals surface area contributed by atoms with Gasteiger partial charge in [-0.1, -0.05) is 18.2 Å². The topological polar surface area (TPSA) is 43.9 Å². The summed E-state index contributed by atoms with van der Waals surface area (Å²) in [5, 5.41) is 0. The molecule has 2 rings (SSSR count). The zero-order chi connectivity index (χ0) is 14.6. The quantitative estimate of drug-likeness (QED) is 0.796. The molecule has 0 amide bonds. The van der Waals surface area contributed by atoms with E-state index in [1.807, 2.05) is 6.07 Å². The highest BCUT2D eigenvalue weighted by Gasteiger charge is 2.21. The molecule has 0 N–H and O–H groups in total. The van der Waals surface area contributed by atoms with E-state index in [0.29, 0.717) is 11.4 Å². The van der Waals surface area contributed by atoms with Gasteiger partial charge < -0.3 is 4.90 Å². The summed E-state index contributed by atoms with van der Waals surface area (Å²) in [4.78, 5) is 4.97. The van der Waals surface area contributed by atoms with Crippen LogP contribution >= 0.6 is 0 Å². The minimum absolute atomic E-state index is 0.362. The number of benzene rings is 1. The summed E-state index contributed by atoms with van der Waals surface area (Å²) < 4.78 is 26.2. The summed E-state index contributed by atoms with van der Waals surface area (Å²) in [7, 11) is 0.411. The summed E-state index contributed by atoms with van der Waals surface area (Å²) in [6, 6.07) is 8.61. The fourth-order valence-corrected chi connectivity index (χ4v) is 3.43. The van der Waals surface area contributed by atoms with Crippen LogP contribution in [0.4, 0.5) is 0 Å². The Morgan fingerprint density at radius 2 is 1.70 bits per heavy atom. The van der Waals surface area contributed by atoms with Crippen LogP contribution in [0.5, 0.6) is 0 Å². The van der Waals surface area contributed by atoms with Crippen molar-refractivity contribution >= 4 is 10.0 Å². The molecule has 0 spiro atoms. The zero-order valence-electron chi connectivity index (χ0n) is 12.2. The molecule has 0 saturated carbocycles. The van der Waals surface area contributed by atoms with Gasteiger partial charge in [-0.3, -0.25) is 4.90 Å². The van der Waals surface area contributed by atoms with Crippen LogP contribution in [-0.4, -0.2) is 75.9 Å². The maximum absolute atomic E-state index is 12.4. The lowest BCUT2D eigenvalue weighted by molar-refractivity contribution is 0.150. The first-order valence-electron chi connectivity index (χ1n) is 6.92. The molecule has 1 aromatic rings. The Morgan fingerprint density at radius 1 is 1.10 bits per heavy atom. The first kappa shape index (κ1) is 15.4. The Hall–Kier alpha value is -0.950. The lowest BCUT2D eigenvalue weighted by Crippen LogP contribution is -2.47. The molecule has 6 heteroatoms. The fraction of sp³-hybridized carbons (Fsp3) is 0.571. The fourth-order valence-electron chi connectivity index (χ4n) is 2.25. The number of nitrogens with zero attached hydrogens (tertiary/aromatic N) is 3. The van der Waals surface area contributed by atoms with E-state index in [1.165, 1.54) is 4.31 Å². The molecular weight excluding hydrogens is 274 g/mol. The molecule has 112 valence electrons. The van der Waals surface area contributed by atoms with Crippen LogP contribution in [-0.2, 0) is 10.0 Å². The Bertz CT molecular complexity index is 510. The van der Waals surface area contributed by atoms with Crippen molar-refractivity contribution in [1.29, 1.82) is 0 Å². The highest BCUT2D eigenvalue weighted by Crippen LogP contribution is 2.13. The molecule has 1 heterocycles. The van der Waals surface area contributed by atoms with Crippen molar-refractivity contribution in [3.05, 3.63) is 30.3 Å². The molecule has 0 aliphatic carbocycles. The van der Waals surface area contributed by atoms with E-state index in [1.54, 1.807) is 31.3 Å². The van der Waals surface area contributed by atoms with Crippen molar-refractivity contribution in [2.75, 3.05) is 53.4 Å². The normalized spacial score (nSPS) is 18.6. The molecule has 1 saturated heterocycles. The van der Waals surface area contributed by atoms with Gasteiger partial charge in [0.2, 0.25) is 10.0 Å². The van der Waals surface area contributed by atoms with Gasteiger partial charge in [0.25, 0.3) is 0 Å². The molecule has 1 fully saturated rings. The van der Waals surface area contributed by atoms with Crippen molar-refractivity contribution in [3.63, 3.8) is 0 Å². The molecule has 0 unspecified atom stereocenters. The van der Waals surface area contributed by atoms with Crippen molar-refractivity contribution < 1.29 is 8.42 Å². The van der Waals surface area contributed by atoms with Crippen LogP contribution in [0.25, 0.3) is 0 Å². The smallest absolute Gasteiger partial charge is 0.242 e.